The number of hydrogen-bond donors (Lipinski definition) is 1. The Balaban J connectivity index is 1.32. The zero-order chi connectivity index (χ0) is 36.5. The number of benzene rings is 3. The van der Waals surface area contributed by atoms with Crippen LogP contribution in [0.4, 0.5) is 26.3 Å². The minimum atomic E-state index is -4.86. The van der Waals surface area contributed by atoms with Gasteiger partial charge in [0.2, 0.25) is 0 Å². The van der Waals surface area contributed by atoms with Gasteiger partial charge in [-0.1, -0.05) is 59.6 Å². The molecule has 0 aliphatic carbocycles. The Morgan fingerprint density at radius 3 is 2.33 bits per heavy atom. The summed E-state index contributed by atoms with van der Waals surface area (Å²) >= 11 is 13.2. The lowest BCUT2D eigenvalue weighted by molar-refractivity contribution is -0.274. The van der Waals surface area contributed by atoms with Crippen molar-refractivity contribution in [2.45, 2.75) is 32.0 Å². The maximum atomic E-state index is 14.1. The van der Waals surface area contributed by atoms with E-state index >= 15 is 0 Å². The fourth-order valence-corrected chi connectivity index (χ4v) is 5.57. The van der Waals surface area contributed by atoms with Gasteiger partial charge in [-0.2, -0.15) is 23.1 Å². The van der Waals surface area contributed by atoms with Gasteiger partial charge in [-0.15, -0.1) is 23.4 Å². The number of pyridine rings is 1. The normalized spacial score (nSPS) is 11.9. The van der Waals surface area contributed by atoms with Gasteiger partial charge >= 0.3 is 12.5 Å². The van der Waals surface area contributed by atoms with E-state index in [1.807, 2.05) is 0 Å². The first kappa shape index (κ1) is 35.3. The van der Waals surface area contributed by atoms with Crippen molar-refractivity contribution in [3.8, 4) is 11.6 Å². The summed E-state index contributed by atoms with van der Waals surface area (Å²) in [4.78, 5) is 32.6. The van der Waals surface area contributed by atoms with E-state index in [4.69, 9.17) is 23.2 Å². The van der Waals surface area contributed by atoms with E-state index in [0.29, 0.717) is 21.1 Å². The molecule has 0 aliphatic heterocycles. The predicted molar refractivity (Wildman–Crippen MR) is 170 cm³/mol. The molecule has 0 fully saturated rings. The van der Waals surface area contributed by atoms with E-state index in [-0.39, 0.29) is 44.9 Å². The van der Waals surface area contributed by atoms with E-state index in [9.17, 15) is 35.9 Å². The summed E-state index contributed by atoms with van der Waals surface area (Å²) in [5, 5.41) is 18.1. The Hall–Kier alpha value is -5.55. The number of hydrogen-bond acceptors (Lipinski definition) is 8. The number of carbonyl (C=O) groups excluding carboxylic acids is 2. The van der Waals surface area contributed by atoms with Crippen LogP contribution in [0.1, 0.15) is 43.5 Å². The van der Waals surface area contributed by atoms with Gasteiger partial charge < -0.3 is 10.1 Å². The predicted octanol–water partition coefficient (Wildman–Crippen LogP) is 7.03. The molecule has 0 saturated heterocycles. The molecule has 3 aromatic heterocycles. The van der Waals surface area contributed by atoms with Crippen molar-refractivity contribution in [3.63, 3.8) is 0 Å². The Morgan fingerprint density at radius 2 is 1.65 bits per heavy atom. The molecular formula is C32H20Cl2F6N8O3. The Bertz CT molecular complexity index is 2260. The summed E-state index contributed by atoms with van der Waals surface area (Å²) in [6.45, 7) is -0.502. The fourth-order valence-electron chi connectivity index (χ4n) is 5.03. The number of fused-ring (bicyclic) bond motifs is 1. The zero-order valence-electron chi connectivity index (χ0n) is 25.5. The number of halogens is 8. The molecule has 262 valence electrons. The van der Waals surface area contributed by atoms with Crippen LogP contribution in [0.5, 0.6) is 5.75 Å². The second-order valence-corrected chi connectivity index (χ2v) is 11.6. The van der Waals surface area contributed by atoms with Crippen molar-refractivity contribution in [1.82, 2.24) is 40.3 Å². The van der Waals surface area contributed by atoms with Crippen molar-refractivity contribution >= 4 is 45.7 Å². The number of rotatable bonds is 10. The number of aromatic nitrogens is 7. The lowest BCUT2D eigenvalue weighted by atomic mass is 9.95. The third kappa shape index (κ3) is 8.10. The topological polar surface area (TPSA) is 130 Å². The first-order chi connectivity index (χ1) is 24.2. The molecule has 0 unspecified atom stereocenters. The van der Waals surface area contributed by atoms with Crippen LogP contribution < -0.4 is 10.1 Å². The second-order valence-electron chi connectivity index (χ2n) is 10.8. The van der Waals surface area contributed by atoms with Crippen molar-refractivity contribution < 1.29 is 40.7 Å². The number of carbonyl (C=O) groups is 2. The first-order valence-corrected chi connectivity index (χ1v) is 15.3. The molecule has 0 radical (unpaired) electrons. The lowest BCUT2D eigenvalue weighted by Gasteiger charge is -2.15. The molecule has 6 rings (SSSR count). The zero-order valence-corrected chi connectivity index (χ0v) is 27.0. The number of ether oxygens (including phenoxy) is 1. The third-order valence-corrected chi connectivity index (χ3v) is 8.00. The number of nitrogens with one attached hydrogen (secondary N) is 1. The molecule has 3 heterocycles. The monoisotopic (exact) mass is 748 g/mol. The molecule has 19 heteroatoms. The molecule has 0 bridgehead atoms. The molecule has 11 nitrogen and oxygen atoms in total. The summed E-state index contributed by atoms with van der Waals surface area (Å²) in [5.41, 5.74) is 0.591. The van der Waals surface area contributed by atoms with Crippen LogP contribution in [-0.2, 0) is 25.7 Å². The number of amides is 1. The van der Waals surface area contributed by atoms with E-state index in [1.165, 1.54) is 30.5 Å². The molecule has 6 aromatic rings. The Morgan fingerprint density at radius 1 is 0.902 bits per heavy atom. The van der Waals surface area contributed by atoms with Gasteiger partial charge in [-0.05, 0) is 58.1 Å². The average molecular weight is 749 g/mol. The van der Waals surface area contributed by atoms with Crippen LogP contribution in [0.2, 0.25) is 10.0 Å². The number of Topliss-reactive ketones (excluding diaryl/α,β-unsaturated/α-hetero) is 1. The quantitative estimate of drug-likeness (QED) is 0.117. The second kappa shape index (κ2) is 14.0. The van der Waals surface area contributed by atoms with Crippen LogP contribution >= 0.6 is 23.2 Å². The number of nitrogens with zero attached hydrogens (tertiary/aromatic N) is 7. The summed E-state index contributed by atoms with van der Waals surface area (Å²) in [6, 6.07) is 17.7. The van der Waals surface area contributed by atoms with E-state index in [2.05, 4.69) is 35.5 Å². The van der Waals surface area contributed by atoms with Gasteiger partial charge in [0.05, 0.1) is 15.7 Å². The molecule has 3 aromatic carbocycles. The molecule has 0 aliphatic rings. The molecule has 0 spiro atoms. The van der Waals surface area contributed by atoms with Crippen LogP contribution in [0.25, 0.3) is 16.6 Å². The van der Waals surface area contributed by atoms with Gasteiger partial charge in [0.25, 0.3) is 11.7 Å². The molecule has 1 N–H and O–H groups in total. The van der Waals surface area contributed by atoms with Gasteiger partial charge in [0, 0.05) is 30.1 Å². The lowest BCUT2D eigenvalue weighted by Crippen LogP contribution is -2.25. The molecule has 51 heavy (non-hydrogen) atoms. The van der Waals surface area contributed by atoms with Gasteiger partial charge in [0.1, 0.15) is 18.0 Å². The van der Waals surface area contributed by atoms with Crippen molar-refractivity contribution in [2.24, 2.45) is 0 Å². The largest absolute Gasteiger partial charge is 0.573 e. The van der Waals surface area contributed by atoms with Crippen LogP contribution in [0.3, 0.4) is 0 Å². The summed E-state index contributed by atoms with van der Waals surface area (Å²) in [5.74, 6) is -3.12. The number of ketones is 1. The van der Waals surface area contributed by atoms with E-state index in [1.54, 1.807) is 36.4 Å². The van der Waals surface area contributed by atoms with Gasteiger partial charge in [-0.3, -0.25) is 9.59 Å². The highest BCUT2D eigenvalue weighted by atomic mass is 35.5. The van der Waals surface area contributed by atoms with Crippen molar-refractivity contribution in [2.75, 3.05) is 0 Å². The van der Waals surface area contributed by atoms with Crippen molar-refractivity contribution in [1.29, 1.82) is 0 Å². The van der Waals surface area contributed by atoms with Gasteiger partial charge in [0.15, 0.2) is 11.6 Å². The highest BCUT2D eigenvalue weighted by Gasteiger charge is 2.37. The summed E-state index contributed by atoms with van der Waals surface area (Å²) in [7, 11) is 0. The summed E-state index contributed by atoms with van der Waals surface area (Å²) in [6.07, 6.45) is -8.76. The fraction of sp³-hybridized carbons (Fsp3) is 0.156. The molecular weight excluding hydrogens is 729 g/mol. The minimum absolute atomic E-state index is 0.0329. The third-order valence-electron chi connectivity index (χ3n) is 7.27. The highest BCUT2D eigenvalue weighted by Crippen LogP contribution is 2.33. The van der Waals surface area contributed by atoms with E-state index < -0.39 is 48.8 Å². The van der Waals surface area contributed by atoms with Crippen molar-refractivity contribution in [3.05, 3.63) is 123 Å². The molecule has 0 atom stereocenters. The maximum absolute atomic E-state index is 14.1. The number of tetrazole rings is 1. The standard InChI is InChI=1S/C32H20Cl2F6N8O3/c33-24-6-3-11-41-28(24)48-25(13-19(44-48)16-47-45-30(43-46-47)31(35,36)37)26(49)14-22-23(12-18-4-1-2-5-21(18)27(22)34)29(50)42-15-17-7-9-20(10-8-17)51-32(38,39)40/h1-13H,14-16H2,(H,42,50). The van der Waals surface area contributed by atoms with Crippen LogP contribution in [0, 0.1) is 0 Å². The Kier molecular flexibility index (Phi) is 9.68. The molecule has 0 saturated carbocycles. The molecule has 1 amide bonds. The smallest absolute Gasteiger partial charge is 0.406 e. The van der Waals surface area contributed by atoms with E-state index in [0.717, 1.165) is 16.8 Å². The minimum Gasteiger partial charge on any atom is -0.406 e. The van der Waals surface area contributed by atoms with Gasteiger partial charge in [-0.25, -0.2) is 9.67 Å². The van der Waals surface area contributed by atoms with Crippen LogP contribution in [0.15, 0.2) is 79.0 Å². The maximum Gasteiger partial charge on any atom is 0.573 e. The SMILES string of the molecule is O=C(NCc1ccc(OC(F)(F)F)cc1)c1cc2ccccc2c(Cl)c1CC(=O)c1cc(Cn2nnc(C(F)(F)F)n2)nn1-c1ncccc1Cl. The Labute approximate surface area is 292 Å². The summed E-state index contributed by atoms with van der Waals surface area (Å²) < 4.78 is 81.8. The number of alkyl halides is 6. The highest BCUT2D eigenvalue weighted by molar-refractivity contribution is 6.37. The average Bonchev–Trinajstić information content (AvgIpc) is 3.73. The first-order valence-electron chi connectivity index (χ1n) is 14.6. The van der Waals surface area contributed by atoms with Crippen LogP contribution in [-0.4, -0.2) is 53.0 Å².